The van der Waals surface area contributed by atoms with Crippen molar-refractivity contribution < 1.29 is 4.79 Å². The molecule has 3 N–H and O–H groups in total. The van der Waals surface area contributed by atoms with Crippen molar-refractivity contribution in [3.8, 4) is 0 Å². The van der Waals surface area contributed by atoms with Crippen LogP contribution >= 0.6 is 0 Å². The monoisotopic (exact) mass is 213 g/mol. The van der Waals surface area contributed by atoms with Crippen molar-refractivity contribution in [3.05, 3.63) is 0 Å². The number of nitrogens with one attached hydrogen (secondary N) is 1. The maximum atomic E-state index is 11.2. The molecule has 4 heteroatoms. The van der Waals surface area contributed by atoms with Crippen molar-refractivity contribution in [2.24, 2.45) is 5.73 Å². The van der Waals surface area contributed by atoms with Gasteiger partial charge in [-0.25, -0.2) is 0 Å². The van der Waals surface area contributed by atoms with Crippen LogP contribution in [0, 0.1) is 0 Å². The first-order valence-corrected chi connectivity index (χ1v) is 5.96. The first kappa shape index (κ1) is 12.5. The van der Waals surface area contributed by atoms with Crippen molar-refractivity contribution in [3.63, 3.8) is 0 Å². The SMILES string of the molecule is C[C@H](N)C(=O)NCCN1CCCCCC1. The van der Waals surface area contributed by atoms with Crippen molar-refractivity contribution in [1.29, 1.82) is 0 Å². The number of carbonyl (C=O) groups excluding carboxylic acids is 1. The van der Waals surface area contributed by atoms with E-state index in [1.165, 1.54) is 38.8 Å². The summed E-state index contributed by atoms with van der Waals surface area (Å²) < 4.78 is 0. The van der Waals surface area contributed by atoms with Crippen LogP contribution < -0.4 is 11.1 Å². The van der Waals surface area contributed by atoms with Gasteiger partial charge in [0.05, 0.1) is 6.04 Å². The molecule has 1 amide bonds. The van der Waals surface area contributed by atoms with Gasteiger partial charge in [0, 0.05) is 13.1 Å². The molecule has 1 rings (SSSR count). The molecule has 0 bridgehead atoms. The lowest BCUT2D eigenvalue weighted by Gasteiger charge is -2.20. The van der Waals surface area contributed by atoms with E-state index in [0.717, 1.165) is 13.1 Å². The minimum Gasteiger partial charge on any atom is -0.353 e. The van der Waals surface area contributed by atoms with Gasteiger partial charge >= 0.3 is 0 Å². The predicted octanol–water partition coefficient (Wildman–Crippen LogP) is 0.326. The van der Waals surface area contributed by atoms with Crippen LogP contribution in [0.1, 0.15) is 32.6 Å². The molecule has 0 aromatic rings. The molecule has 1 fully saturated rings. The maximum Gasteiger partial charge on any atom is 0.236 e. The smallest absolute Gasteiger partial charge is 0.236 e. The van der Waals surface area contributed by atoms with E-state index in [1.807, 2.05) is 0 Å². The zero-order valence-electron chi connectivity index (χ0n) is 9.67. The fourth-order valence-electron chi connectivity index (χ4n) is 1.86. The Hall–Kier alpha value is -0.610. The lowest BCUT2D eigenvalue weighted by molar-refractivity contribution is -0.122. The van der Waals surface area contributed by atoms with E-state index in [-0.39, 0.29) is 5.91 Å². The molecule has 0 radical (unpaired) electrons. The Bertz CT molecular complexity index is 186. The summed E-state index contributed by atoms with van der Waals surface area (Å²) in [5.41, 5.74) is 5.45. The standard InChI is InChI=1S/C11H23N3O/c1-10(12)11(15)13-6-9-14-7-4-2-3-5-8-14/h10H,2-9,12H2,1H3,(H,13,15)/t10-/m0/s1. The summed E-state index contributed by atoms with van der Waals surface area (Å²) in [7, 11) is 0. The van der Waals surface area contributed by atoms with E-state index in [1.54, 1.807) is 6.92 Å². The number of nitrogens with zero attached hydrogens (tertiary/aromatic N) is 1. The van der Waals surface area contributed by atoms with Gasteiger partial charge in [-0.1, -0.05) is 12.8 Å². The average molecular weight is 213 g/mol. The average Bonchev–Trinajstić information content (AvgIpc) is 2.46. The summed E-state index contributed by atoms with van der Waals surface area (Å²) in [6.07, 6.45) is 5.29. The van der Waals surface area contributed by atoms with E-state index in [0.29, 0.717) is 0 Å². The lowest BCUT2D eigenvalue weighted by Crippen LogP contribution is -2.42. The molecule has 1 saturated heterocycles. The summed E-state index contributed by atoms with van der Waals surface area (Å²) in [6, 6.07) is -0.394. The van der Waals surface area contributed by atoms with E-state index >= 15 is 0 Å². The van der Waals surface area contributed by atoms with Gasteiger partial charge in [0.15, 0.2) is 0 Å². The van der Waals surface area contributed by atoms with Crippen LogP contribution in [0.25, 0.3) is 0 Å². The second-order valence-electron chi connectivity index (χ2n) is 4.34. The zero-order valence-corrected chi connectivity index (χ0v) is 9.67. The predicted molar refractivity (Wildman–Crippen MR) is 61.6 cm³/mol. The Labute approximate surface area is 92.2 Å². The molecule has 1 aliphatic heterocycles. The number of likely N-dealkylation sites (tertiary alicyclic amines) is 1. The first-order chi connectivity index (χ1) is 7.20. The lowest BCUT2D eigenvalue weighted by atomic mass is 10.2. The van der Waals surface area contributed by atoms with Crippen LogP contribution in [-0.2, 0) is 4.79 Å². The van der Waals surface area contributed by atoms with Crippen molar-refractivity contribution in [2.75, 3.05) is 26.2 Å². The zero-order chi connectivity index (χ0) is 11.1. The highest BCUT2D eigenvalue weighted by molar-refractivity contribution is 5.80. The summed E-state index contributed by atoms with van der Waals surface area (Å²) in [5.74, 6) is -0.0511. The minimum absolute atomic E-state index is 0.0511. The summed E-state index contributed by atoms with van der Waals surface area (Å²) >= 11 is 0. The molecule has 0 saturated carbocycles. The largest absolute Gasteiger partial charge is 0.353 e. The maximum absolute atomic E-state index is 11.2. The van der Waals surface area contributed by atoms with Gasteiger partial charge in [-0.15, -0.1) is 0 Å². The minimum atomic E-state index is -0.394. The molecular formula is C11H23N3O. The van der Waals surface area contributed by atoms with Gasteiger partial charge in [-0.2, -0.15) is 0 Å². The number of carbonyl (C=O) groups is 1. The van der Waals surface area contributed by atoms with Crippen molar-refractivity contribution in [1.82, 2.24) is 10.2 Å². The molecule has 0 unspecified atom stereocenters. The van der Waals surface area contributed by atoms with Gasteiger partial charge < -0.3 is 16.0 Å². The molecule has 1 aliphatic rings. The highest BCUT2D eigenvalue weighted by Gasteiger charge is 2.10. The Kier molecular flexibility index (Phi) is 5.65. The van der Waals surface area contributed by atoms with Crippen LogP contribution in [-0.4, -0.2) is 43.0 Å². The van der Waals surface area contributed by atoms with Crippen molar-refractivity contribution >= 4 is 5.91 Å². The number of hydrogen-bond acceptors (Lipinski definition) is 3. The molecule has 15 heavy (non-hydrogen) atoms. The van der Waals surface area contributed by atoms with Crippen LogP contribution in [0.4, 0.5) is 0 Å². The summed E-state index contributed by atoms with van der Waals surface area (Å²) in [5, 5.41) is 2.84. The molecule has 1 atom stereocenters. The van der Waals surface area contributed by atoms with Crippen LogP contribution in [0.2, 0.25) is 0 Å². The molecule has 0 aromatic heterocycles. The topological polar surface area (TPSA) is 58.4 Å². The van der Waals surface area contributed by atoms with Crippen molar-refractivity contribution in [2.45, 2.75) is 38.6 Å². The van der Waals surface area contributed by atoms with Crippen LogP contribution in [0.3, 0.4) is 0 Å². The van der Waals surface area contributed by atoms with Gasteiger partial charge in [-0.05, 0) is 32.9 Å². The van der Waals surface area contributed by atoms with Gasteiger partial charge in [-0.3, -0.25) is 4.79 Å². The van der Waals surface area contributed by atoms with Gasteiger partial charge in [0.25, 0.3) is 0 Å². The number of rotatable bonds is 4. The highest BCUT2D eigenvalue weighted by Crippen LogP contribution is 2.08. The normalized spacial score (nSPS) is 20.7. The number of amides is 1. The summed E-state index contributed by atoms with van der Waals surface area (Å²) in [6.45, 7) is 5.74. The van der Waals surface area contributed by atoms with Gasteiger partial charge in [0.2, 0.25) is 5.91 Å². The first-order valence-electron chi connectivity index (χ1n) is 5.96. The van der Waals surface area contributed by atoms with E-state index < -0.39 is 6.04 Å². The Morgan fingerprint density at radius 1 is 1.33 bits per heavy atom. The highest BCUT2D eigenvalue weighted by atomic mass is 16.2. The molecule has 0 aliphatic carbocycles. The van der Waals surface area contributed by atoms with Crippen LogP contribution in [0.5, 0.6) is 0 Å². The second kappa shape index (κ2) is 6.80. The van der Waals surface area contributed by atoms with E-state index in [4.69, 9.17) is 5.73 Å². The summed E-state index contributed by atoms with van der Waals surface area (Å²) in [4.78, 5) is 13.6. The molecule has 1 heterocycles. The Balaban J connectivity index is 2.10. The molecule has 4 nitrogen and oxygen atoms in total. The van der Waals surface area contributed by atoms with E-state index in [9.17, 15) is 4.79 Å². The van der Waals surface area contributed by atoms with Gasteiger partial charge in [0.1, 0.15) is 0 Å². The van der Waals surface area contributed by atoms with Crippen LogP contribution in [0.15, 0.2) is 0 Å². The number of hydrogen-bond donors (Lipinski definition) is 2. The second-order valence-corrected chi connectivity index (χ2v) is 4.34. The third-order valence-corrected chi connectivity index (χ3v) is 2.84. The fraction of sp³-hybridized carbons (Fsp3) is 0.909. The Morgan fingerprint density at radius 3 is 2.47 bits per heavy atom. The molecule has 0 spiro atoms. The fourth-order valence-corrected chi connectivity index (χ4v) is 1.86. The molecular weight excluding hydrogens is 190 g/mol. The van der Waals surface area contributed by atoms with E-state index in [2.05, 4.69) is 10.2 Å². The molecule has 88 valence electrons. The Morgan fingerprint density at radius 2 is 1.93 bits per heavy atom. The third kappa shape index (κ3) is 5.14. The molecule has 0 aromatic carbocycles. The third-order valence-electron chi connectivity index (χ3n) is 2.84. The number of nitrogens with two attached hydrogens (primary N) is 1. The quantitative estimate of drug-likeness (QED) is 0.707.